The summed E-state index contributed by atoms with van der Waals surface area (Å²) in [7, 11) is -1.56. The number of benzene rings is 2. The number of hydrogen-bond donors (Lipinski definition) is 0. The molecule has 7 nitrogen and oxygen atoms in total. The second kappa shape index (κ2) is 9.01. The van der Waals surface area contributed by atoms with Crippen LogP contribution in [0.5, 0.6) is 0 Å². The van der Waals surface area contributed by atoms with E-state index in [4.69, 9.17) is 20.9 Å². The lowest BCUT2D eigenvalue weighted by atomic mass is 10.1. The molecule has 2 aromatic carbocycles. The highest BCUT2D eigenvalue weighted by Crippen LogP contribution is 2.28. The number of hydroxylamine groups is 1. The molecule has 0 aliphatic heterocycles. The van der Waals surface area contributed by atoms with Gasteiger partial charge in [0.15, 0.2) is 0 Å². The summed E-state index contributed by atoms with van der Waals surface area (Å²) >= 11 is 6.11. The number of nitrogens with zero attached hydrogens (tertiary/aromatic N) is 2. The molecule has 0 aliphatic rings. The first-order chi connectivity index (χ1) is 14.2. The average Bonchev–Trinajstić information content (AvgIpc) is 3.25. The van der Waals surface area contributed by atoms with E-state index in [1.54, 1.807) is 12.1 Å². The van der Waals surface area contributed by atoms with Crippen LogP contribution in [0.25, 0.3) is 0 Å². The summed E-state index contributed by atoms with van der Waals surface area (Å²) in [6, 6.07) is 15.0. The summed E-state index contributed by atoms with van der Waals surface area (Å²) in [5.74, 6) is 0.188. The van der Waals surface area contributed by atoms with Crippen molar-refractivity contribution in [2.24, 2.45) is 0 Å². The van der Waals surface area contributed by atoms with Crippen molar-refractivity contribution in [1.82, 2.24) is 4.47 Å². The molecule has 0 saturated carbocycles. The van der Waals surface area contributed by atoms with Crippen LogP contribution in [-0.4, -0.2) is 33.0 Å². The van der Waals surface area contributed by atoms with Crippen molar-refractivity contribution >= 4 is 33.2 Å². The highest BCUT2D eigenvalue weighted by Gasteiger charge is 2.27. The Kier molecular flexibility index (Phi) is 6.62. The van der Waals surface area contributed by atoms with Crippen LogP contribution in [0.3, 0.4) is 0 Å². The minimum Gasteiger partial charge on any atom is -0.467 e. The molecule has 1 heterocycles. The molecular weight excluding hydrogens is 428 g/mol. The van der Waals surface area contributed by atoms with E-state index in [1.165, 1.54) is 43.5 Å². The highest BCUT2D eigenvalue weighted by molar-refractivity contribution is 7.89. The lowest BCUT2D eigenvalue weighted by Crippen LogP contribution is -2.31. The molecule has 1 amide bonds. The third-order valence-electron chi connectivity index (χ3n) is 4.54. The molecule has 158 valence electrons. The molecule has 3 aromatic rings. The van der Waals surface area contributed by atoms with Crippen LogP contribution in [0.15, 0.2) is 70.2 Å². The van der Waals surface area contributed by atoms with E-state index in [0.29, 0.717) is 15.9 Å². The number of sulfonamides is 1. The van der Waals surface area contributed by atoms with E-state index >= 15 is 0 Å². The van der Waals surface area contributed by atoms with Crippen LogP contribution in [0.4, 0.5) is 5.69 Å². The van der Waals surface area contributed by atoms with E-state index in [9.17, 15) is 13.2 Å². The van der Waals surface area contributed by atoms with E-state index in [-0.39, 0.29) is 22.0 Å². The fourth-order valence-electron chi connectivity index (χ4n) is 2.79. The maximum atomic E-state index is 13.4. The first-order valence-electron chi connectivity index (χ1n) is 8.97. The third-order valence-corrected chi connectivity index (χ3v) is 6.70. The Morgan fingerprint density at radius 1 is 1.13 bits per heavy atom. The summed E-state index contributed by atoms with van der Waals surface area (Å²) in [6.45, 7) is 2.13. The molecule has 0 N–H and O–H groups in total. The molecule has 0 fully saturated rings. The summed E-state index contributed by atoms with van der Waals surface area (Å²) in [6.07, 6.45) is 1.53. The number of amides is 1. The number of carbonyl (C=O) groups is 1. The molecule has 1 aromatic heterocycles. The zero-order chi connectivity index (χ0) is 21.9. The minimum absolute atomic E-state index is 0.0108. The van der Waals surface area contributed by atoms with Gasteiger partial charge in [-0.05, 0) is 49.4 Å². The van der Waals surface area contributed by atoms with Gasteiger partial charge in [-0.15, -0.1) is 0 Å². The third kappa shape index (κ3) is 4.57. The van der Waals surface area contributed by atoms with Crippen LogP contribution in [0.1, 0.15) is 21.7 Å². The number of carbonyl (C=O) groups excluding carboxylic acids is 1. The average molecular weight is 449 g/mol. The van der Waals surface area contributed by atoms with Crippen molar-refractivity contribution in [3.63, 3.8) is 0 Å². The zero-order valence-electron chi connectivity index (χ0n) is 16.7. The Labute approximate surface area is 180 Å². The molecule has 0 atom stereocenters. The quantitative estimate of drug-likeness (QED) is 0.504. The Morgan fingerprint density at radius 2 is 1.83 bits per heavy atom. The van der Waals surface area contributed by atoms with Gasteiger partial charge in [0.25, 0.3) is 15.9 Å². The van der Waals surface area contributed by atoms with Gasteiger partial charge < -0.3 is 9.32 Å². The molecule has 0 spiro atoms. The molecule has 0 aliphatic carbocycles. The second-order valence-corrected chi connectivity index (χ2v) is 8.86. The summed E-state index contributed by atoms with van der Waals surface area (Å²) in [5, 5.41) is -0.0108. The Morgan fingerprint density at radius 3 is 2.43 bits per heavy atom. The number of anilines is 1. The van der Waals surface area contributed by atoms with Gasteiger partial charge in [-0.3, -0.25) is 9.63 Å². The number of aryl methyl sites for hydroxylation is 1. The van der Waals surface area contributed by atoms with Gasteiger partial charge in [-0.25, -0.2) is 8.42 Å². The van der Waals surface area contributed by atoms with Crippen molar-refractivity contribution in [2.45, 2.75) is 18.4 Å². The van der Waals surface area contributed by atoms with E-state index in [2.05, 4.69) is 0 Å². The molecule has 9 heteroatoms. The number of rotatable bonds is 7. The van der Waals surface area contributed by atoms with Gasteiger partial charge in [0.1, 0.15) is 10.7 Å². The van der Waals surface area contributed by atoms with Gasteiger partial charge in [0.05, 0.1) is 24.9 Å². The number of halogens is 1. The van der Waals surface area contributed by atoms with Crippen molar-refractivity contribution in [3.05, 3.63) is 82.8 Å². The van der Waals surface area contributed by atoms with Crippen molar-refractivity contribution < 1.29 is 22.5 Å². The zero-order valence-corrected chi connectivity index (χ0v) is 18.3. The van der Waals surface area contributed by atoms with Crippen LogP contribution < -0.4 is 4.90 Å². The second-order valence-electron chi connectivity index (χ2n) is 6.55. The van der Waals surface area contributed by atoms with Crippen LogP contribution in [0.2, 0.25) is 5.02 Å². The SMILES string of the molecule is CON(C)S(=O)(=O)c1cc(C(=O)N(Cc2ccco2)c2ccc(C)cc2)ccc1Cl. The fraction of sp³-hybridized carbons (Fsp3) is 0.190. The predicted molar refractivity (Wildman–Crippen MR) is 114 cm³/mol. The largest absolute Gasteiger partial charge is 0.467 e. The van der Waals surface area contributed by atoms with Crippen molar-refractivity contribution in [2.75, 3.05) is 19.1 Å². The standard InChI is InChI=1S/C21H21ClN2O5S/c1-15-6-9-17(10-7-15)24(14-18-5-4-12-29-18)21(25)16-8-11-19(22)20(13-16)30(26,27)23(2)28-3/h4-13H,14H2,1-3H3. The molecule has 3 rings (SSSR count). The fourth-order valence-corrected chi connectivity index (χ4v) is 4.26. The molecule has 0 saturated heterocycles. The van der Waals surface area contributed by atoms with Crippen LogP contribution in [0, 0.1) is 6.92 Å². The molecule has 0 bridgehead atoms. The van der Waals surface area contributed by atoms with E-state index < -0.39 is 15.9 Å². The molecule has 0 radical (unpaired) electrons. The lowest BCUT2D eigenvalue weighted by Gasteiger charge is -2.23. The number of furan rings is 1. The normalized spacial score (nSPS) is 11.6. The van der Waals surface area contributed by atoms with Gasteiger partial charge >= 0.3 is 0 Å². The highest BCUT2D eigenvalue weighted by atomic mass is 35.5. The smallest absolute Gasteiger partial charge is 0.266 e. The van der Waals surface area contributed by atoms with Crippen LogP contribution >= 0.6 is 11.6 Å². The first-order valence-corrected chi connectivity index (χ1v) is 10.8. The van der Waals surface area contributed by atoms with Gasteiger partial charge in [-0.1, -0.05) is 33.8 Å². The maximum absolute atomic E-state index is 13.4. The Balaban J connectivity index is 2.04. The van der Waals surface area contributed by atoms with Gasteiger partial charge in [-0.2, -0.15) is 0 Å². The Bertz CT molecular complexity index is 1130. The van der Waals surface area contributed by atoms with Gasteiger partial charge in [0.2, 0.25) is 0 Å². The Hall–Kier alpha value is -2.65. The molecule has 0 unspecified atom stereocenters. The van der Waals surface area contributed by atoms with E-state index in [0.717, 1.165) is 5.56 Å². The van der Waals surface area contributed by atoms with Crippen molar-refractivity contribution in [1.29, 1.82) is 0 Å². The summed E-state index contributed by atoms with van der Waals surface area (Å²) in [5.41, 5.74) is 1.86. The predicted octanol–water partition coefficient (Wildman–Crippen LogP) is 4.27. The number of hydrogen-bond acceptors (Lipinski definition) is 5. The summed E-state index contributed by atoms with van der Waals surface area (Å²) < 4.78 is 31.4. The van der Waals surface area contributed by atoms with Gasteiger partial charge in [0, 0.05) is 18.3 Å². The molecule has 30 heavy (non-hydrogen) atoms. The van der Waals surface area contributed by atoms with Crippen LogP contribution in [-0.2, 0) is 21.4 Å². The lowest BCUT2D eigenvalue weighted by molar-refractivity contribution is -0.0258. The minimum atomic E-state index is -4.03. The first kappa shape index (κ1) is 22.0. The monoisotopic (exact) mass is 448 g/mol. The topological polar surface area (TPSA) is 80.1 Å². The van der Waals surface area contributed by atoms with E-state index in [1.807, 2.05) is 31.2 Å². The maximum Gasteiger partial charge on any atom is 0.266 e. The van der Waals surface area contributed by atoms with Crippen molar-refractivity contribution in [3.8, 4) is 0 Å². The molecular formula is C21H21ClN2O5S. The summed E-state index contributed by atoms with van der Waals surface area (Å²) in [4.78, 5) is 19.5.